The first-order valence-electron chi connectivity index (χ1n) is 5.86. The molecule has 0 bridgehead atoms. The molecule has 1 amide bonds. The summed E-state index contributed by atoms with van der Waals surface area (Å²) >= 11 is 0. The lowest BCUT2D eigenvalue weighted by Gasteiger charge is -2.15. The van der Waals surface area contributed by atoms with Gasteiger partial charge in [-0.2, -0.15) is 0 Å². The zero-order valence-corrected chi connectivity index (χ0v) is 10.7. The van der Waals surface area contributed by atoms with Crippen LogP contribution in [-0.4, -0.2) is 22.8 Å². The summed E-state index contributed by atoms with van der Waals surface area (Å²) in [6, 6.07) is 7.55. The van der Waals surface area contributed by atoms with Crippen molar-refractivity contribution in [3.63, 3.8) is 0 Å². The van der Waals surface area contributed by atoms with E-state index in [1.807, 2.05) is 30.1 Å². The molecule has 2 aromatic rings. The van der Waals surface area contributed by atoms with Crippen LogP contribution in [-0.2, 0) is 13.1 Å². The van der Waals surface area contributed by atoms with Gasteiger partial charge in [-0.05, 0) is 25.2 Å². The van der Waals surface area contributed by atoms with E-state index in [9.17, 15) is 4.79 Å². The maximum Gasteiger partial charge on any atom is 0.301 e. The maximum atomic E-state index is 11.5. The first kappa shape index (κ1) is 13.3. The number of nitrogens with one attached hydrogen (secondary N) is 1. The third-order valence-corrected chi connectivity index (χ3v) is 2.68. The number of furan rings is 1. The maximum absolute atomic E-state index is 11.5. The van der Waals surface area contributed by atoms with E-state index >= 15 is 0 Å². The number of nitrogens with two attached hydrogens (primary N) is 1. The third kappa shape index (κ3) is 3.40. The molecule has 19 heavy (non-hydrogen) atoms. The minimum Gasteiger partial charge on any atom is -0.459 e. The molecule has 0 aromatic carbocycles. The van der Waals surface area contributed by atoms with Gasteiger partial charge in [-0.25, -0.2) is 5.84 Å². The molecular formula is C13H16N4O2. The number of nitrogens with zero attached hydrogens (tertiary/aromatic N) is 2. The van der Waals surface area contributed by atoms with Crippen LogP contribution in [0, 0.1) is 0 Å². The summed E-state index contributed by atoms with van der Waals surface area (Å²) in [4.78, 5) is 17.8. The summed E-state index contributed by atoms with van der Waals surface area (Å²) in [5, 5.41) is 0. The molecule has 0 radical (unpaired) electrons. The van der Waals surface area contributed by atoms with Crippen molar-refractivity contribution in [2.45, 2.75) is 13.1 Å². The van der Waals surface area contributed by atoms with Crippen molar-refractivity contribution in [2.24, 2.45) is 5.84 Å². The number of pyridine rings is 1. The standard InChI is InChI=1S/C13H16N4O2/c1-17(9-11-4-2-3-6-15-11)8-10-5-7-19-12(10)13(18)16-14/h2-7H,8-9,14H2,1H3,(H,16,18). The average molecular weight is 260 g/mol. The number of hydrogen-bond donors (Lipinski definition) is 2. The molecule has 0 aliphatic heterocycles. The van der Waals surface area contributed by atoms with Crippen molar-refractivity contribution < 1.29 is 9.21 Å². The number of hydrazine groups is 1. The number of rotatable bonds is 5. The Bertz CT molecular complexity index is 539. The lowest BCUT2D eigenvalue weighted by molar-refractivity contribution is 0.0923. The Hall–Kier alpha value is -2.18. The molecule has 0 aliphatic rings. The van der Waals surface area contributed by atoms with E-state index in [-0.39, 0.29) is 5.76 Å². The summed E-state index contributed by atoms with van der Waals surface area (Å²) in [6.07, 6.45) is 3.24. The smallest absolute Gasteiger partial charge is 0.301 e. The second-order valence-electron chi connectivity index (χ2n) is 4.24. The van der Waals surface area contributed by atoms with Crippen LogP contribution in [0.4, 0.5) is 0 Å². The summed E-state index contributed by atoms with van der Waals surface area (Å²) in [5.74, 6) is 4.92. The van der Waals surface area contributed by atoms with Crippen LogP contribution in [0.2, 0.25) is 0 Å². The van der Waals surface area contributed by atoms with Crippen LogP contribution in [0.1, 0.15) is 21.8 Å². The fourth-order valence-corrected chi connectivity index (χ4v) is 1.84. The van der Waals surface area contributed by atoms with E-state index < -0.39 is 5.91 Å². The third-order valence-electron chi connectivity index (χ3n) is 2.68. The van der Waals surface area contributed by atoms with Crippen LogP contribution in [0.15, 0.2) is 41.1 Å². The average Bonchev–Trinajstić information content (AvgIpc) is 2.87. The summed E-state index contributed by atoms with van der Waals surface area (Å²) in [6.45, 7) is 1.27. The summed E-state index contributed by atoms with van der Waals surface area (Å²) in [7, 11) is 1.95. The fraction of sp³-hybridized carbons (Fsp3) is 0.231. The molecule has 0 unspecified atom stereocenters. The molecule has 0 fully saturated rings. The highest BCUT2D eigenvalue weighted by molar-refractivity contribution is 5.92. The largest absolute Gasteiger partial charge is 0.459 e. The highest BCUT2D eigenvalue weighted by Gasteiger charge is 2.15. The second kappa shape index (κ2) is 6.12. The lowest BCUT2D eigenvalue weighted by atomic mass is 10.2. The molecule has 3 N–H and O–H groups in total. The molecule has 100 valence electrons. The Balaban J connectivity index is 2.01. The number of carbonyl (C=O) groups excluding carboxylic acids is 1. The normalized spacial score (nSPS) is 10.7. The van der Waals surface area contributed by atoms with Gasteiger partial charge in [-0.3, -0.25) is 20.1 Å². The molecule has 2 rings (SSSR count). The minimum atomic E-state index is -0.425. The van der Waals surface area contributed by atoms with Gasteiger partial charge in [0.05, 0.1) is 12.0 Å². The molecule has 0 atom stereocenters. The molecule has 2 heterocycles. The predicted molar refractivity (Wildman–Crippen MR) is 69.8 cm³/mol. The van der Waals surface area contributed by atoms with Crippen LogP contribution in [0.5, 0.6) is 0 Å². The topological polar surface area (TPSA) is 84.4 Å². The Labute approximate surface area is 111 Å². The number of hydrogen-bond acceptors (Lipinski definition) is 5. The number of carbonyl (C=O) groups is 1. The summed E-state index contributed by atoms with van der Waals surface area (Å²) in [5.41, 5.74) is 3.83. The van der Waals surface area contributed by atoms with Gasteiger partial charge in [-0.15, -0.1) is 0 Å². The van der Waals surface area contributed by atoms with Crippen molar-refractivity contribution in [1.29, 1.82) is 0 Å². The monoisotopic (exact) mass is 260 g/mol. The predicted octanol–water partition coefficient (Wildman–Crippen LogP) is 0.910. The molecule has 0 saturated carbocycles. The van der Waals surface area contributed by atoms with Crippen LogP contribution in [0.25, 0.3) is 0 Å². The highest BCUT2D eigenvalue weighted by atomic mass is 16.3. The summed E-state index contributed by atoms with van der Waals surface area (Å²) < 4.78 is 5.13. The second-order valence-corrected chi connectivity index (χ2v) is 4.24. The van der Waals surface area contributed by atoms with Crippen LogP contribution >= 0.6 is 0 Å². The molecule has 0 saturated heterocycles. The van der Waals surface area contributed by atoms with Crippen LogP contribution < -0.4 is 11.3 Å². The van der Waals surface area contributed by atoms with Crippen molar-refractivity contribution >= 4 is 5.91 Å². The Morgan fingerprint density at radius 3 is 2.95 bits per heavy atom. The molecule has 6 heteroatoms. The first-order chi connectivity index (χ1) is 9.20. The van der Waals surface area contributed by atoms with Gasteiger partial charge in [0.15, 0.2) is 5.76 Å². The van der Waals surface area contributed by atoms with Gasteiger partial charge in [0.2, 0.25) is 0 Å². The number of aromatic nitrogens is 1. The highest BCUT2D eigenvalue weighted by Crippen LogP contribution is 2.13. The van der Waals surface area contributed by atoms with E-state index in [1.165, 1.54) is 6.26 Å². The van der Waals surface area contributed by atoms with Gasteiger partial charge >= 0.3 is 5.91 Å². The van der Waals surface area contributed by atoms with E-state index in [0.29, 0.717) is 13.1 Å². The Morgan fingerprint density at radius 2 is 2.26 bits per heavy atom. The van der Waals surface area contributed by atoms with Crippen molar-refractivity contribution in [3.05, 3.63) is 53.7 Å². The van der Waals surface area contributed by atoms with E-state index in [0.717, 1.165) is 11.3 Å². The molecule has 6 nitrogen and oxygen atoms in total. The molecule has 2 aromatic heterocycles. The fourth-order valence-electron chi connectivity index (χ4n) is 1.84. The van der Waals surface area contributed by atoms with Gasteiger partial charge in [0, 0.05) is 24.8 Å². The van der Waals surface area contributed by atoms with Gasteiger partial charge in [0.25, 0.3) is 0 Å². The zero-order chi connectivity index (χ0) is 13.7. The Kier molecular flexibility index (Phi) is 4.27. The molecular weight excluding hydrogens is 244 g/mol. The SMILES string of the molecule is CN(Cc1ccccn1)Cc1ccoc1C(=O)NN. The zero-order valence-electron chi connectivity index (χ0n) is 10.7. The van der Waals surface area contributed by atoms with Gasteiger partial charge in [0.1, 0.15) is 0 Å². The first-order valence-corrected chi connectivity index (χ1v) is 5.86. The molecule has 0 spiro atoms. The van der Waals surface area contributed by atoms with Gasteiger partial charge in [-0.1, -0.05) is 6.07 Å². The van der Waals surface area contributed by atoms with Crippen molar-refractivity contribution in [2.75, 3.05) is 7.05 Å². The van der Waals surface area contributed by atoms with E-state index in [2.05, 4.69) is 10.4 Å². The minimum absolute atomic E-state index is 0.246. The van der Waals surface area contributed by atoms with E-state index in [1.54, 1.807) is 12.3 Å². The van der Waals surface area contributed by atoms with Crippen molar-refractivity contribution in [1.82, 2.24) is 15.3 Å². The molecule has 0 aliphatic carbocycles. The van der Waals surface area contributed by atoms with Crippen molar-refractivity contribution in [3.8, 4) is 0 Å². The lowest BCUT2D eigenvalue weighted by Crippen LogP contribution is -2.31. The number of amides is 1. The van der Waals surface area contributed by atoms with E-state index in [4.69, 9.17) is 10.3 Å². The van der Waals surface area contributed by atoms with Crippen LogP contribution in [0.3, 0.4) is 0 Å². The Morgan fingerprint density at radius 1 is 1.42 bits per heavy atom. The quantitative estimate of drug-likeness (QED) is 0.474. The number of nitrogen functional groups attached to an aromatic ring is 1. The van der Waals surface area contributed by atoms with Gasteiger partial charge < -0.3 is 4.42 Å².